The van der Waals surface area contributed by atoms with Crippen molar-refractivity contribution in [2.75, 3.05) is 5.75 Å². The molecule has 0 saturated heterocycles. The van der Waals surface area contributed by atoms with Gasteiger partial charge in [-0.3, -0.25) is 4.79 Å². The topological polar surface area (TPSA) is 52.9 Å². The average Bonchev–Trinajstić information content (AvgIpc) is 2.55. The number of nitriles is 1. The summed E-state index contributed by atoms with van der Waals surface area (Å²) in [5.41, 5.74) is 2.69. The number of halogens is 1. The molecular weight excluding hydrogens is 372 g/mol. The Bertz CT molecular complexity index is 727. The quantitative estimate of drug-likeness (QED) is 0.795. The molecule has 1 N–H and O–H groups in total. The summed E-state index contributed by atoms with van der Waals surface area (Å²) in [5, 5.41) is 12.1. The third kappa shape index (κ3) is 5.12. The van der Waals surface area contributed by atoms with Gasteiger partial charge in [0.1, 0.15) is 0 Å². The van der Waals surface area contributed by atoms with Crippen molar-refractivity contribution in [3.63, 3.8) is 0 Å². The van der Waals surface area contributed by atoms with E-state index in [0.717, 1.165) is 15.6 Å². The monoisotopic (exact) mass is 388 g/mol. The summed E-state index contributed by atoms with van der Waals surface area (Å²) in [4.78, 5) is 12.1. The number of nitrogens with one attached hydrogen (secondary N) is 1. The summed E-state index contributed by atoms with van der Waals surface area (Å²) >= 11 is 5.01. The molecule has 118 valence electrons. The molecule has 0 aliphatic heterocycles. The lowest BCUT2D eigenvalue weighted by molar-refractivity contribution is -0.119. The third-order valence-electron chi connectivity index (χ3n) is 3.38. The number of carbonyl (C=O) groups excluding carboxylic acids is 1. The summed E-state index contributed by atoms with van der Waals surface area (Å²) in [6, 6.07) is 17.5. The van der Waals surface area contributed by atoms with E-state index in [-0.39, 0.29) is 11.9 Å². The fourth-order valence-corrected chi connectivity index (χ4v) is 3.67. The molecule has 0 unspecified atom stereocenters. The average molecular weight is 389 g/mol. The van der Waals surface area contributed by atoms with Crippen LogP contribution >= 0.6 is 27.7 Å². The molecule has 5 heteroatoms. The number of carbonyl (C=O) groups is 1. The van der Waals surface area contributed by atoms with Crippen LogP contribution in [0.25, 0.3) is 0 Å². The van der Waals surface area contributed by atoms with E-state index in [4.69, 9.17) is 5.26 Å². The highest BCUT2D eigenvalue weighted by atomic mass is 79.9. The van der Waals surface area contributed by atoms with E-state index >= 15 is 0 Å². The molecule has 0 fully saturated rings. The van der Waals surface area contributed by atoms with Crippen LogP contribution in [0.15, 0.2) is 53.0 Å². The van der Waals surface area contributed by atoms with Gasteiger partial charge in [0.15, 0.2) is 0 Å². The Hall–Kier alpha value is -1.77. The first-order chi connectivity index (χ1) is 11.1. The smallest absolute Gasteiger partial charge is 0.230 e. The molecule has 0 spiro atoms. The second-order valence-corrected chi connectivity index (χ2v) is 6.91. The summed E-state index contributed by atoms with van der Waals surface area (Å²) < 4.78 is 0.989. The van der Waals surface area contributed by atoms with Crippen molar-refractivity contribution < 1.29 is 4.79 Å². The Balaban J connectivity index is 1.84. The first-order valence-corrected chi connectivity index (χ1v) is 9.16. The van der Waals surface area contributed by atoms with Crippen LogP contribution in [0.4, 0.5) is 0 Å². The predicted molar refractivity (Wildman–Crippen MR) is 98.0 cm³/mol. The highest BCUT2D eigenvalue weighted by Crippen LogP contribution is 2.23. The number of thioether (sulfide) groups is 1. The van der Waals surface area contributed by atoms with E-state index < -0.39 is 0 Å². The first kappa shape index (κ1) is 17.6. The van der Waals surface area contributed by atoms with Gasteiger partial charge in [-0.2, -0.15) is 5.26 Å². The van der Waals surface area contributed by atoms with Gasteiger partial charge < -0.3 is 5.32 Å². The molecule has 0 aliphatic rings. The van der Waals surface area contributed by atoms with Crippen LogP contribution in [0.5, 0.6) is 0 Å². The third-order valence-corrected chi connectivity index (χ3v) is 5.08. The predicted octanol–water partition coefficient (Wildman–Crippen LogP) is 4.43. The van der Waals surface area contributed by atoms with Gasteiger partial charge >= 0.3 is 0 Å². The maximum atomic E-state index is 12.1. The molecular formula is C18H17BrN2OS. The van der Waals surface area contributed by atoms with E-state index in [1.165, 1.54) is 11.8 Å². The largest absolute Gasteiger partial charge is 0.349 e. The highest BCUT2D eigenvalue weighted by molar-refractivity contribution is 9.10. The Labute approximate surface area is 149 Å². The summed E-state index contributed by atoms with van der Waals surface area (Å²) in [6.07, 6.45) is 0. The zero-order valence-corrected chi connectivity index (χ0v) is 15.2. The molecule has 2 aromatic rings. The summed E-state index contributed by atoms with van der Waals surface area (Å²) in [7, 11) is 0. The molecule has 23 heavy (non-hydrogen) atoms. The van der Waals surface area contributed by atoms with Crippen LogP contribution in [-0.2, 0) is 10.5 Å². The number of amides is 1. The van der Waals surface area contributed by atoms with E-state index in [9.17, 15) is 4.79 Å². The van der Waals surface area contributed by atoms with E-state index in [1.54, 1.807) is 6.07 Å². The van der Waals surface area contributed by atoms with E-state index in [2.05, 4.69) is 27.3 Å². The second kappa shape index (κ2) is 8.76. The number of hydrogen-bond acceptors (Lipinski definition) is 3. The minimum absolute atomic E-state index is 0.00677. The molecule has 0 saturated carbocycles. The highest BCUT2D eigenvalue weighted by Gasteiger charge is 2.12. The molecule has 1 amide bonds. The van der Waals surface area contributed by atoms with Crippen LogP contribution in [-0.4, -0.2) is 11.7 Å². The van der Waals surface area contributed by atoms with Gasteiger partial charge in [-0.05, 0) is 30.2 Å². The van der Waals surface area contributed by atoms with Gasteiger partial charge in [0.05, 0.1) is 23.4 Å². The molecule has 0 aliphatic carbocycles. The van der Waals surface area contributed by atoms with Crippen molar-refractivity contribution >= 4 is 33.6 Å². The first-order valence-electron chi connectivity index (χ1n) is 7.21. The van der Waals surface area contributed by atoms with E-state index in [0.29, 0.717) is 17.1 Å². The van der Waals surface area contributed by atoms with Gasteiger partial charge in [0, 0.05) is 10.2 Å². The van der Waals surface area contributed by atoms with Crippen LogP contribution in [0, 0.1) is 11.3 Å². The van der Waals surface area contributed by atoms with Crippen molar-refractivity contribution in [1.29, 1.82) is 5.26 Å². The standard InChI is InChI=1S/C18H17BrN2OS/c1-13(16-8-4-5-9-17(16)19)21-18(22)12-23-11-15-7-3-2-6-14(15)10-20/h2-9,13H,11-12H2,1H3,(H,21,22)/t13-/m1/s1. The number of hydrogen-bond donors (Lipinski definition) is 1. The van der Waals surface area contributed by atoms with Gasteiger partial charge in [-0.25, -0.2) is 0 Å². The van der Waals surface area contributed by atoms with Crippen molar-refractivity contribution in [2.24, 2.45) is 0 Å². The van der Waals surface area contributed by atoms with Crippen LogP contribution in [0.1, 0.15) is 29.7 Å². The van der Waals surface area contributed by atoms with Crippen molar-refractivity contribution in [2.45, 2.75) is 18.7 Å². The minimum Gasteiger partial charge on any atom is -0.349 e. The molecule has 1 atom stereocenters. The Kier molecular flexibility index (Phi) is 6.69. The van der Waals surface area contributed by atoms with Gasteiger partial charge in [-0.15, -0.1) is 11.8 Å². The number of benzene rings is 2. The maximum Gasteiger partial charge on any atom is 0.230 e. The fraction of sp³-hybridized carbons (Fsp3) is 0.222. The Morgan fingerprint density at radius 1 is 1.26 bits per heavy atom. The maximum absolute atomic E-state index is 12.1. The molecule has 2 aromatic carbocycles. The van der Waals surface area contributed by atoms with Crippen molar-refractivity contribution in [1.82, 2.24) is 5.32 Å². The number of rotatable bonds is 6. The Morgan fingerprint density at radius 3 is 2.70 bits per heavy atom. The SMILES string of the molecule is C[C@@H](NC(=O)CSCc1ccccc1C#N)c1ccccc1Br. The van der Waals surface area contributed by atoms with Gasteiger partial charge in [-0.1, -0.05) is 52.3 Å². The minimum atomic E-state index is -0.0509. The molecule has 3 nitrogen and oxygen atoms in total. The zero-order valence-electron chi connectivity index (χ0n) is 12.8. The lowest BCUT2D eigenvalue weighted by atomic mass is 10.1. The molecule has 0 radical (unpaired) electrons. The lowest BCUT2D eigenvalue weighted by Crippen LogP contribution is -2.28. The van der Waals surface area contributed by atoms with Crippen LogP contribution in [0.2, 0.25) is 0 Å². The van der Waals surface area contributed by atoms with Crippen LogP contribution < -0.4 is 5.32 Å². The van der Waals surface area contributed by atoms with Crippen molar-refractivity contribution in [3.05, 3.63) is 69.7 Å². The summed E-state index contributed by atoms with van der Waals surface area (Å²) in [5.74, 6) is 1.02. The van der Waals surface area contributed by atoms with Gasteiger partial charge in [0.25, 0.3) is 0 Å². The molecule has 0 aromatic heterocycles. The number of nitrogens with zero attached hydrogens (tertiary/aromatic N) is 1. The molecule has 0 bridgehead atoms. The molecule has 0 heterocycles. The normalized spacial score (nSPS) is 11.5. The van der Waals surface area contributed by atoms with Gasteiger partial charge in [0.2, 0.25) is 5.91 Å². The second-order valence-electron chi connectivity index (χ2n) is 5.07. The van der Waals surface area contributed by atoms with Crippen LogP contribution in [0.3, 0.4) is 0 Å². The summed E-state index contributed by atoms with van der Waals surface area (Å²) in [6.45, 7) is 1.97. The lowest BCUT2D eigenvalue weighted by Gasteiger charge is -2.15. The van der Waals surface area contributed by atoms with Crippen molar-refractivity contribution in [3.8, 4) is 6.07 Å². The fourth-order valence-electron chi connectivity index (χ4n) is 2.20. The Morgan fingerprint density at radius 2 is 1.96 bits per heavy atom. The zero-order chi connectivity index (χ0) is 16.7. The van der Waals surface area contributed by atoms with E-state index in [1.807, 2.05) is 49.4 Å². The molecule has 2 rings (SSSR count).